The molecular weight excluding hydrogens is 285 g/mol. The lowest BCUT2D eigenvalue weighted by atomic mass is 9.98. The van der Waals surface area contributed by atoms with E-state index in [-0.39, 0.29) is 11.8 Å². The molecule has 1 atom stereocenters. The van der Waals surface area contributed by atoms with Crippen LogP contribution in [0.5, 0.6) is 0 Å². The topological polar surface area (TPSA) is 49.3 Å². The fourth-order valence-corrected chi connectivity index (χ4v) is 1.95. The number of hydrogen-bond donors (Lipinski definition) is 2. The maximum atomic E-state index is 11.9. The predicted octanol–water partition coefficient (Wildman–Crippen LogP) is 4.22. The third kappa shape index (κ3) is 6.81. The quantitative estimate of drug-likeness (QED) is 0.875. The van der Waals surface area contributed by atoms with Gasteiger partial charge in [-0.15, -0.1) is 0 Å². The number of amides is 1. The Labute approximate surface area is 124 Å². The van der Waals surface area contributed by atoms with Gasteiger partial charge in [0, 0.05) is 18.7 Å². The van der Waals surface area contributed by atoms with Gasteiger partial charge in [0.25, 0.3) is 0 Å². The minimum Gasteiger partial charge on any atom is -0.400 e. The van der Waals surface area contributed by atoms with E-state index >= 15 is 0 Å². The summed E-state index contributed by atoms with van der Waals surface area (Å²) in [6.45, 7) is 6.12. The van der Waals surface area contributed by atoms with Crippen molar-refractivity contribution in [1.82, 2.24) is 0 Å². The monoisotopic (exact) mass is 305 g/mol. The Kier molecular flexibility index (Phi) is 8.81. The van der Waals surface area contributed by atoms with Crippen LogP contribution in [0, 0.1) is 11.8 Å². The highest BCUT2D eigenvalue weighted by molar-refractivity contribution is 6.42. The molecule has 5 heteroatoms. The molecule has 19 heavy (non-hydrogen) atoms. The first-order valence-electron chi connectivity index (χ1n) is 6.10. The van der Waals surface area contributed by atoms with E-state index in [1.165, 1.54) is 0 Å². The van der Waals surface area contributed by atoms with E-state index in [4.69, 9.17) is 28.3 Å². The first kappa shape index (κ1) is 18.2. The van der Waals surface area contributed by atoms with Crippen molar-refractivity contribution >= 4 is 34.8 Å². The molecule has 1 aromatic rings. The fraction of sp³-hybridized carbons (Fsp3) is 0.500. The second kappa shape index (κ2) is 9.18. The largest absolute Gasteiger partial charge is 0.400 e. The number of aliphatic hydroxyl groups excluding tert-OH is 1. The molecule has 0 saturated heterocycles. The molecule has 1 unspecified atom stereocenters. The highest BCUT2D eigenvalue weighted by atomic mass is 35.5. The van der Waals surface area contributed by atoms with Crippen LogP contribution in [-0.4, -0.2) is 18.1 Å². The molecule has 0 aliphatic carbocycles. The minimum absolute atomic E-state index is 0.00977. The molecule has 1 rings (SSSR count). The summed E-state index contributed by atoms with van der Waals surface area (Å²) in [4.78, 5) is 11.9. The molecule has 0 heterocycles. The van der Waals surface area contributed by atoms with E-state index in [2.05, 4.69) is 19.2 Å². The van der Waals surface area contributed by atoms with Gasteiger partial charge in [-0.05, 0) is 30.5 Å². The zero-order valence-corrected chi connectivity index (χ0v) is 13.2. The molecule has 1 aromatic carbocycles. The van der Waals surface area contributed by atoms with Gasteiger partial charge in [0.05, 0.1) is 10.0 Å². The van der Waals surface area contributed by atoms with Crippen molar-refractivity contribution in [2.75, 3.05) is 12.4 Å². The average molecular weight is 306 g/mol. The molecule has 3 nitrogen and oxygen atoms in total. The van der Waals surface area contributed by atoms with Gasteiger partial charge in [0.15, 0.2) is 0 Å². The third-order valence-corrected chi connectivity index (χ3v) is 3.20. The molecule has 0 saturated carbocycles. The first-order valence-corrected chi connectivity index (χ1v) is 6.86. The third-order valence-electron chi connectivity index (χ3n) is 2.46. The number of anilines is 1. The summed E-state index contributed by atoms with van der Waals surface area (Å²) < 4.78 is 0. The number of aliphatic hydroxyl groups is 1. The van der Waals surface area contributed by atoms with Gasteiger partial charge in [-0.3, -0.25) is 4.79 Å². The lowest BCUT2D eigenvalue weighted by molar-refractivity contribution is -0.119. The van der Waals surface area contributed by atoms with Crippen LogP contribution in [0.15, 0.2) is 18.2 Å². The maximum Gasteiger partial charge on any atom is 0.227 e. The molecule has 0 radical (unpaired) electrons. The van der Waals surface area contributed by atoms with Crippen molar-refractivity contribution in [2.24, 2.45) is 11.8 Å². The molecule has 0 spiro atoms. The van der Waals surface area contributed by atoms with Crippen LogP contribution < -0.4 is 5.32 Å². The van der Waals surface area contributed by atoms with Crippen LogP contribution in [0.1, 0.15) is 27.2 Å². The number of hydrogen-bond acceptors (Lipinski definition) is 2. The second-order valence-corrected chi connectivity index (χ2v) is 5.46. The van der Waals surface area contributed by atoms with Crippen LogP contribution in [-0.2, 0) is 4.79 Å². The highest BCUT2D eigenvalue weighted by Crippen LogP contribution is 2.25. The van der Waals surface area contributed by atoms with Gasteiger partial charge in [0.2, 0.25) is 5.91 Å². The van der Waals surface area contributed by atoms with Crippen molar-refractivity contribution < 1.29 is 9.90 Å². The van der Waals surface area contributed by atoms with Gasteiger partial charge < -0.3 is 10.4 Å². The van der Waals surface area contributed by atoms with Crippen LogP contribution in [0.2, 0.25) is 10.0 Å². The highest BCUT2D eigenvalue weighted by Gasteiger charge is 2.14. The van der Waals surface area contributed by atoms with Gasteiger partial charge in [-0.2, -0.15) is 0 Å². The number of carbonyl (C=O) groups is 1. The molecule has 1 amide bonds. The smallest absolute Gasteiger partial charge is 0.227 e. The summed E-state index contributed by atoms with van der Waals surface area (Å²) >= 11 is 11.7. The normalized spacial score (nSPS) is 11.6. The Morgan fingerprint density at radius 3 is 2.26 bits per heavy atom. The standard InChI is InChI=1S/C13H17Cl2NO.CH4O/c1-8(2)6-9(3)13(17)16-10-4-5-11(14)12(15)7-10;1-2/h4-5,7-9H,6H2,1-3H3,(H,16,17);2H,1H3. The van der Waals surface area contributed by atoms with Crippen molar-refractivity contribution in [1.29, 1.82) is 0 Å². The summed E-state index contributed by atoms with van der Waals surface area (Å²) in [7, 11) is 1.00. The van der Waals surface area contributed by atoms with Crippen molar-refractivity contribution in [3.63, 3.8) is 0 Å². The maximum absolute atomic E-state index is 11.9. The summed E-state index contributed by atoms with van der Waals surface area (Å²) in [5.41, 5.74) is 0.681. The molecular formula is C14H21Cl2NO2. The SMILES string of the molecule is CC(C)CC(C)C(=O)Nc1ccc(Cl)c(Cl)c1.CO. The number of benzene rings is 1. The zero-order chi connectivity index (χ0) is 15.0. The van der Waals surface area contributed by atoms with E-state index < -0.39 is 0 Å². The van der Waals surface area contributed by atoms with Crippen LogP contribution >= 0.6 is 23.2 Å². The Hall–Kier alpha value is -0.770. The number of halogens is 2. The molecule has 0 fully saturated rings. The van der Waals surface area contributed by atoms with Crippen molar-refractivity contribution in [3.8, 4) is 0 Å². The molecule has 0 aliphatic heterocycles. The molecule has 0 bridgehead atoms. The summed E-state index contributed by atoms with van der Waals surface area (Å²) in [6.07, 6.45) is 0.868. The van der Waals surface area contributed by atoms with Gasteiger partial charge >= 0.3 is 0 Å². The Morgan fingerprint density at radius 2 is 1.79 bits per heavy atom. The van der Waals surface area contributed by atoms with E-state index in [0.29, 0.717) is 21.7 Å². The number of rotatable bonds is 4. The minimum atomic E-state index is -0.00977. The average Bonchev–Trinajstić information content (AvgIpc) is 2.35. The molecule has 0 aromatic heterocycles. The Bertz CT molecular complexity index is 408. The predicted molar refractivity (Wildman–Crippen MR) is 81.9 cm³/mol. The van der Waals surface area contributed by atoms with Crippen LogP contribution in [0.3, 0.4) is 0 Å². The summed E-state index contributed by atoms with van der Waals surface area (Å²) in [5.74, 6) is 0.506. The lowest BCUT2D eigenvalue weighted by Crippen LogP contribution is -2.21. The van der Waals surface area contributed by atoms with Crippen LogP contribution in [0.4, 0.5) is 5.69 Å². The Balaban J connectivity index is 0.00000154. The molecule has 2 N–H and O–H groups in total. The van der Waals surface area contributed by atoms with E-state index in [9.17, 15) is 4.79 Å². The first-order chi connectivity index (χ1) is 8.90. The number of nitrogens with one attached hydrogen (secondary N) is 1. The lowest BCUT2D eigenvalue weighted by Gasteiger charge is -2.14. The van der Waals surface area contributed by atoms with Crippen molar-refractivity contribution in [3.05, 3.63) is 28.2 Å². The summed E-state index contributed by atoms with van der Waals surface area (Å²) in [6, 6.07) is 5.07. The fourth-order valence-electron chi connectivity index (χ4n) is 1.65. The van der Waals surface area contributed by atoms with Gasteiger partial charge in [-0.1, -0.05) is 44.0 Å². The van der Waals surface area contributed by atoms with E-state index in [1.807, 2.05) is 6.92 Å². The molecule has 0 aliphatic rings. The Morgan fingerprint density at radius 1 is 1.21 bits per heavy atom. The van der Waals surface area contributed by atoms with Crippen LogP contribution in [0.25, 0.3) is 0 Å². The van der Waals surface area contributed by atoms with Crippen molar-refractivity contribution in [2.45, 2.75) is 27.2 Å². The van der Waals surface area contributed by atoms with Gasteiger partial charge in [0.1, 0.15) is 0 Å². The second-order valence-electron chi connectivity index (χ2n) is 4.65. The molecule has 108 valence electrons. The van der Waals surface area contributed by atoms with E-state index in [0.717, 1.165) is 13.5 Å². The zero-order valence-electron chi connectivity index (χ0n) is 11.7. The van der Waals surface area contributed by atoms with E-state index in [1.54, 1.807) is 18.2 Å². The number of carbonyl (C=O) groups excluding carboxylic acids is 1. The summed E-state index contributed by atoms with van der Waals surface area (Å²) in [5, 5.41) is 10.8. The van der Waals surface area contributed by atoms with Gasteiger partial charge in [-0.25, -0.2) is 0 Å².